The smallest absolute Gasteiger partial charge is 0.406 e. The van der Waals surface area contributed by atoms with Crippen LogP contribution in [0.4, 0.5) is 13.2 Å². The topological polar surface area (TPSA) is 55.4 Å². The zero-order valence-electron chi connectivity index (χ0n) is 12.1. The summed E-state index contributed by atoms with van der Waals surface area (Å²) >= 11 is 0. The van der Waals surface area contributed by atoms with Crippen molar-refractivity contribution in [1.29, 1.82) is 0 Å². The average Bonchev–Trinajstić information content (AvgIpc) is 2.82. The summed E-state index contributed by atoms with van der Waals surface area (Å²) in [4.78, 5) is 24.1. The summed E-state index contributed by atoms with van der Waals surface area (Å²) < 4.78 is 40.4. The Hall–Kier alpha value is -3.09. The Labute approximate surface area is 134 Å². The van der Waals surface area contributed by atoms with Gasteiger partial charge in [-0.05, 0) is 23.3 Å². The second kappa shape index (κ2) is 5.84. The second-order valence-corrected chi connectivity index (χ2v) is 4.97. The Bertz CT molecular complexity index is 824. The first-order valence-corrected chi connectivity index (χ1v) is 6.87. The summed E-state index contributed by atoms with van der Waals surface area (Å²) in [5.41, 5.74) is 1.17. The molecular weight excluding hydrogens is 323 g/mol. The minimum atomic E-state index is -4.79. The lowest BCUT2D eigenvalue weighted by Gasteiger charge is -2.09. The van der Waals surface area contributed by atoms with Crippen LogP contribution in [0.15, 0.2) is 54.6 Å². The minimum Gasteiger partial charge on any atom is -0.406 e. The zero-order chi connectivity index (χ0) is 17.3. The van der Waals surface area contributed by atoms with Crippen molar-refractivity contribution in [2.75, 3.05) is 0 Å². The van der Waals surface area contributed by atoms with E-state index in [1.807, 2.05) is 0 Å². The number of benzene rings is 2. The lowest BCUT2D eigenvalue weighted by Crippen LogP contribution is -2.22. The van der Waals surface area contributed by atoms with E-state index in [4.69, 9.17) is 0 Å². The van der Waals surface area contributed by atoms with E-state index in [2.05, 4.69) is 10.1 Å². The molecule has 0 bridgehead atoms. The van der Waals surface area contributed by atoms with Gasteiger partial charge in [0.1, 0.15) is 5.75 Å². The van der Waals surface area contributed by atoms with E-state index in [0.29, 0.717) is 11.1 Å². The van der Waals surface area contributed by atoms with E-state index in [0.717, 1.165) is 12.1 Å². The molecule has 7 heteroatoms. The maximum Gasteiger partial charge on any atom is 0.573 e. The van der Waals surface area contributed by atoms with E-state index in [-0.39, 0.29) is 11.1 Å². The lowest BCUT2D eigenvalue weighted by atomic mass is 9.96. The molecule has 0 unspecified atom stereocenters. The largest absolute Gasteiger partial charge is 0.573 e. The van der Waals surface area contributed by atoms with Gasteiger partial charge in [-0.25, -0.2) is 0 Å². The first-order chi connectivity index (χ1) is 11.3. The monoisotopic (exact) mass is 333 g/mol. The maximum atomic E-state index is 12.2. The number of amides is 2. The maximum absolute atomic E-state index is 12.2. The Kier molecular flexibility index (Phi) is 3.84. The third kappa shape index (κ3) is 3.15. The fourth-order valence-electron chi connectivity index (χ4n) is 2.43. The summed E-state index contributed by atoms with van der Waals surface area (Å²) in [6.07, 6.45) is -4.79. The molecule has 0 aliphatic carbocycles. The molecule has 2 amide bonds. The standard InChI is InChI=1S/C17H10F3NO3/c18-17(19,20)24-12-8-6-11(7-9-12)14-13(15(22)21-16(14)23)10-4-2-1-3-5-10/h1-9H,(H,21,22,23). The molecule has 24 heavy (non-hydrogen) atoms. The molecule has 1 aliphatic heterocycles. The fourth-order valence-corrected chi connectivity index (χ4v) is 2.43. The molecule has 0 radical (unpaired) electrons. The highest BCUT2D eigenvalue weighted by Gasteiger charge is 2.33. The minimum absolute atomic E-state index is 0.116. The third-order valence-electron chi connectivity index (χ3n) is 3.37. The quantitative estimate of drug-likeness (QED) is 0.878. The normalized spacial score (nSPS) is 14.8. The first-order valence-electron chi connectivity index (χ1n) is 6.87. The summed E-state index contributed by atoms with van der Waals surface area (Å²) in [5, 5.41) is 2.20. The van der Waals surface area contributed by atoms with Crippen molar-refractivity contribution >= 4 is 23.0 Å². The van der Waals surface area contributed by atoms with Crippen LogP contribution in [0.25, 0.3) is 11.1 Å². The van der Waals surface area contributed by atoms with Gasteiger partial charge in [-0.3, -0.25) is 14.9 Å². The number of ether oxygens (including phenoxy) is 1. The number of nitrogens with one attached hydrogen (secondary N) is 1. The molecule has 0 aromatic heterocycles. The molecule has 1 heterocycles. The van der Waals surface area contributed by atoms with Gasteiger partial charge in [0.2, 0.25) is 0 Å². The van der Waals surface area contributed by atoms with Crippen LogP contribution in [0.5, 0.6) is 5.75 Å². The number of imide groups is 1. The number of hydrogen-bond donors (Lipinski definition) is 1. The van der Waals surface area contributed by atoms with Gasteiger partial charge in [0, 0.05) is 0 Å². The summed E-state index contributed by atoms with van der Waals surface area (Å²) in [5.74, 6) is -1.54. The molecule has 2 aromatic carbocycles. The second-order valence-electron chi connectivity index (χ2n) is 4.97. The molecule has 1 N–H and O–H groups in total. The molecule has 0 saturated carbocycles. The van der Waals surface area contributed by atoms with Gasteiger partial charge in [-0.1, -0.05) is 42.5 Å². The van der Waals surface area contributed by atoms with Crippen LogP contribution in [-0.4, -0.2) is 18.2 Å². The highest BCUT2D eigenvalue weighted by atomic mass is 19.4. The average molecular weight is 333 g/mol. The van der Waals surface area contributed by atoms with Crippen LogP contribution in [0.2, 0.25) is 0 Å². The number of halogens is 3. The summed E-state index contributed by atoms with van der Waals surface area (Å²) in [7, 11) is 0. The van der Waals surface area contributed by atoms with E-state index in [9.17, 15) is 22.8 Å². The van der Waals surface area contributed by atoms with Gasteiger partial charge < -0.3 is 4.74 Å². The van der Waals surface area contributed by atoms with Crippen LogP contribution < -0.4 is 10.1 Å². The Morgan fingerprint density at radius 2 is 1.25 bits per heavy atom. The first kappa shape index (κ1) is 15.8. The number of carbonyl (C=O) groups excluding carboxylic acids is 2. The van der Waals surface area contributed by atoms with Crippen LogP contribution >= 0.6 is 0 Å². The molecule has 0 spiro atoms. The van der Waals surface area contributed by atoms with Gasteiger partial charge in [-0.2, -0.15) is 0 Å². The van der Waals surface area contributed by atoms with Gasteiger partial charge >= 0.3 is 6.36 Å². The Morgan fingerprint density at radius 3 is 1.75 bits per heavy atom. The van der Waals surface area contributed by atoms with Gasteiger partial charge in [0.25, 0.3) is 11.8 Å². The number of alkyl halides is 3. The third-order valence-corrected chi connectivity index (χ3v) is 3.37. The van der Waals surface area contributed by atoms with Crippen molar-refractivity contribution in [1.82, 2.24) is 5.32 Å². The number of carbonyl (C=O) groups is 2. The van der Waals surface area contributed by atoms with Gasteiger partial charge in [0.15, 0.2) is 0 Å². The molecular formula is C17H10F3NO3. The molecule has 122 valence electrons. The van der Waals surface area contributed by atoms with Crippen molar-refractivity contribution in [2.45, 2.75) is 6.36 Å². The summed E-state index contributed by atoms with van der Waals surface area (Å²) in [6.45, 7) is 0. The van der Waals surface area contributed by atoms with E-state index >= 15 is 0 Å². The van der Waals surface area contributed by atoms with Crippen molar-refractivity contribution in [3.63, 3.8) is 0 Å². The summed E-state index contributed by atoms with van der Waals surface area (Å²) in [6, 6.07) is 13.3. The van der Waals surface area contributed by atoms with Gasteiger partial charge in [0.05, 0.1) is 11.1 Å². The van der Waals surface area contributed by atoms with Crippen LogP contribution in [0.1, 0.15) is 11.1 Å². The molecule has 0 fully saturated rings. The van der Waals surface area contributed by atoms with Crippen molar-refractivity contribution in [3.05, 3.63) is 65.7 Å². The number of rotatable bonds is 3. The lowest BCUT2D eigenvalue weighted by molar-refractivity contribution is -0.274. The highest BCUT2D eigenvalue weighted by molar-refractivity contribution is 6.49. The predicted molar refractivity (Wildman–Crippen MR) is 79.5 cm³/mol. The Morgan fingerprint density at radius 1 is 0.750 bits per heavy atom. The fraction of sp³-hybridized carbons (Fsp3) is 0.0588. The molecule has 0 atom stereocenters. The van der Waals surface area contributed by atoms with E-state index in [1.54, 1.807) is 30.3 Å². The van der Waals surface area contributed by atoms with Gasteiger partial charge in [-0.15, -0.1) is 13.2 Å². The van der Waals surface area contributed by atoms with Crippen LogP contribution in [0.3, 0.4) is 0 Å². The van der Waals surface area contributed by atoms with Crippen molar-refractivity contribution in [3.8, 4) is 5.75 Å². The Balaban J connectivity index is 2.03. The van der Waals surface area contributed by atoms with Crippen LogP contribution in [-0.2, 0) is 9.59 Å². The zero-order valence-corrected chi connectivity index (χ0v) is 12.1. The van der Waals surface area contributed by atoms with Crippen LogP contribution in [0, 0.1) is 0 Å². The molecule has 4 nitrogen and oxygen atoms in total. The van der Waals surface area contributed by atoms with E-state index in [1.165, 1.54) is 12.1 Å². The number of hydrogen-bond acceptors (Lipinski definition) is 3. The molecule has 1 aliphatic rings. The molecule has 3 rings (SSSR count). The van der Waals surface area contributed by atoms with E-state index < -0.39 is 23.9 Å². The predicted octanol–water partition coefficient (Wildman–Crippen LogP) is 3.15. The molecule has 2 aromatic rings. The van der Waals surface area contributed by atoms with Crippen molar-refractivity contribution in [2.24, 2.45) is 0 Å². The molecule has 0 saturated heterocycles. The highest BCUT2D eigenvalue weighted by Crippen LogP contribution is 2.32. The SMILES string of the molecule is O=C1NC(=O)C(c2ccc(OC(F)(F)F)cc2)=C1c1ccccc1. The van der Waals surface area contributed by atoms with Crippen molar-refractivity contribution < 1.29 is 27.5 Å².